The maximum absolute atomic E-state index is 12.5. The van der Waals surface area contributed by atoms with Crippen LogP contribution in [0.4, 0.5) is 5.00 Å². The summed E-state index contributed by atoms with van der Waals surface area (Å²) < 4.78 is 5.14. The van der Waals surface area contributed by atoms with Crippen LogP contribution in [0.25, 0.3) is 0 Å². The molecule has 1 atom stereocenters. The Hall–Kier alpha value is -2.32. The fraction of sp³-hybridized carbons (Fsp3) is 0.455. The van der Waals surface area contributed by atoms with E-state index in [9.17, 15) is 10.1 Å². The molecule has 1 N–H and O–H groups in total. The maximum Gasteiger partial charge on any atom is 0.229 e. The number of ether oxygens (including phenoxy) is 1. The van der Waals surface area contributed by atoms with Crippen molar-refractivity contribution in [2.75, 3.05) is 12.4 Å². The largest absolute Gasteiger partial charge is 0.497 e. The van der Waals surface area contributed by atoms with Gasteiger partial charge in [0.05, 0.1) is 19.1 Å². The summed E-state index contributed by atoms with van der Waals surface area (Å²) >= 11 is 1.58. The van der Waals surface area contributed by atoms with Gasteiger partial charge in [0.2, 0.25) is 5.91 Å². The average Bonchev–Trinajstić information content (AvgIpc) is 2.97. The Labute approximate surface area is 165 Å². The minimum Gasteiger partial charge on any atom is -0.497 e. The van der Waals surface area contributed by atoms with Crippen LogP contribution in [0, 0.1) is 22.7 Å². The number of methoxy groups -OCH3 is 1. The summed E-state index contributed by atoms with van der Waals surface area (Å²) in [6, 6.07) is 9.79. The second kappa shape index (κ2) is 7.74. The van der Waals surface area contributed by atoms with E-state index in [2.05, 4.69) is 32.2 Å². The van der Waals surface area contributed by atoms with Crippen LogP contribution >= 0.6 is 11.3 Å². The number of hydrogen-bond acceptors (Lipinski definition) is 4. The zero-order chi connectivity index (χ0) is 19.6. The maximum atomic E-state index is 12.5. The van der Waals surface area contributed by atoms with E-state index in [0.717, 1.165) is 36.1 Å². The molecule has 4 nitrogen and oxygen atoms in total. The standard InChI is InChI=1S/C22H26N2O2S/c1-22(2,3)15-7-10-17-18(13-23)21(27-19(17)12-15)24-20(25)11-14-5-8-16(26-4)9-6-14/h5-6,8-9,15H,7,10-12H2,1-4H3,(H,24,25). The molecule has 0 saturated carbocycles. The van der Waals surface area contributed by atoms with Gasteiger partial charge in [-0.1, -0.05) is 32.9 Å². The minimum absolute atomic E-state index is 0.0948. The van der Waals surface area contributed by atoms with Crippen molar-refractivity contribution in [3.63, 3.8) is 0 Å². The van der Waals surface area contributed by atoms with Crippen molar-refractivity contribution in [1.82, 2.24) is 0 Å². The third kappa shape index (κ3) is 4.33. The Morgan fingerprint density at radius 2 is 2.04 bits per heavy atom. The summed E-state index contributed by atoms with van der Waals surface area (Å²) in [6.45, 7) is 6.83. The molecule has 0 spiro atoms. The minimum atomic E-state index is -0.0948. The van der Waals surface area contributed by atoms with Crippen LogP contribution in [0.3, 0.4) is 0 Å². The summed E-state index contributed by atoms with van der Waals surface area (Å²) in [7, 11) is 1.62. The third-order valence-electron chi connectivity index (χ3n) is 5.38. The quantitative estimate of drug-likeness (QED) is 0.813. The van der Waals surface area contributed by atoms with Gasteiger partial charge in [-0.3, -0.25) is 4.79 Å². The number of rotatable bonds is 4. The van der Waals surface area contributed by atoms with Gasteiger partial charge in [0, 0.05) is 4.88 Å². The molecule has 1 aliphatic rings. The zero-order valence-electron chi connectivity index (χ0n) is 16.4. The lowest BCUT2D eigenvalue weighted by atomic mass is 9.72. The molecule has 142 valence electrons. The molecule has 27 heavy (non-hydrogen) atoms. The van der Waals surface area contributed by atoms with Crippen molar-refractivity contribution < 1.29 is 9.53 Å². The predicted octanol–water partition coefficient (Wildman–Crippen LogP) is 4.96. The Morgan fingerprint density at radius 1 is 1.33 bits per heavy atom. The van der Waals surface area contributed by atoms with E-state index in [1.54, 1.807) is 18.4 Å². The van der Waals surface area contributed by atoms with Crippen molar-refractivity contribution in [1.29, 1.82) is 5.26 Å². The second-order valence-electron chi connectivity index (χ2n) is 8.20. The molecule has 1 amide bonds. The molecule has 0 aliphatic heterocycles. The highest BCUT2D eigenvalue weighted by molar-refractivity contribution is 7.16. The van der Waals surface area contributed by atoms with Gasteiger partial charge in [-0.25, -0.2) is 0 Å². The number of hydrogen-bond donors (Lipinski definition) is 1. The number of nitriles is 1. The summed E-state index contributed by atoms with van der Waals surface area (Å²) in [5, 5.41) is 13.3. The molecule has 0 bridgehead atoms. The monoisotopic (exact) mass is 382 g/mol. The second-order valence-corrected chi connectivity index (χ2v) is 9.30. The number of anilines is 1. The number of carbonyl (C=O) groups excluding carboxylic acids is 1. The first-order valence-electron chi connectivity index (χ1n) is 9.29. The van der Waals surface area contributed by atoms with Gasteiger partial charge < -0.3 is 10.1 Å². The van der Waals surface area contributed by atoms with Crippen LogP contribution in [-0.4, -0.2) is 13.0 Å². The number of fused-ring (bicyclic) bond motifs is 1. The number of nitrogens with one attached hydrogen (secondary N) is 1. The molecule has 0 fully saturated rings. The van der Waals surface area contributed by atoms with Crippen LogP contribution in [0.1, 0.15) is 48.8 Å². The topological polar surface area (TPSA) is 62.1 Å². The van der Waals surface area contributed by atoms with E-state index < -0.39 is 0 Å². The summed E-state index contributed by atoms with van der Waals surface area (Å²) in [4.78, 5) is 13.8. The Kier molecular flexibility index (Phi) is 5.57. The number of carbonyl (C=O) groups is 1. The van der Waals surface area contributed by atoms with E-state index >= 15 is 0 Å². The molecule has 1 aliphatic carbocycles. The molecule has 5 heteroatoms. The Morgan fingerprint density at radius 3 is 2.63 bits per heavy atom. The number of amides is 1. The van der Waals surface area contributed by atoms with Crippen LogP contribution < -0.4 is 10.1 Å². The molecule has 2 aromatic rings. The number of thiophene rings is 1. The molecule has 3 rings (SSSR count). The van der Waals surface area contributed by atoms with Gasteiger partial charge >= 0.3 is 0 Å². The van der Waals surface area contributed by atoms with Crippen LogP contribution in [-0.2, 0) is 24.1 Å². The Bertz CT molecular complexity index is 869. The van der Waals surface area contributed by atoms with Gasteiger partial charge in [-0.2, -0.15) is 5.26 Å². The molecule has 1 aromatic carbocycles. The van der Waals surface area contributed by atoms with Crippen LogP contribution in [0.2, 0.25) is 0 Å². The molecule has 0 radical (unpaired) electrons. The first kappa shape index (κ1) is 19.4. The van der Waals surface area contributed by atoms with E-state index in [1.807, 2.05) is 24.3 Å². The highest BCUT2D eigenvalue weighted by Crippen LogP contribution is 2.44. The van der Waals surface area contributed by atoms with Gasteiger partial charge in [0.1, 0.15) is 16.8 Å². The van der Waals surface area contributed by atoms with E-state index in [4.69, 9.17) is 4.74 Å². The Balaban J connectivity index is 1.74. The van der Waals surface area contributed by atoms with Gasteiger partial charge in [-0.15, -0.1) is 11.3 Å². The van der Waals surface area contributed by atoms with Crippen molar-refractivity contribution in [2.24, 2.45) is 11.3 Å². The van der Waals surface area contributed by atoms with Gasteiger partial charge in [-0.05, 0) is 53.9 Å². The lowest BCUT2D eigenvalue weighted by Crippen LogP contribution is -2.26. The fourth-order valence-electron chi connectivity index (χ4n) is 3.63. The lowest BCUT2D eigenvalue weighted by Gasteiger charge is -2.33. The number of nitrogens with zero attached hydrogens (tertiary/aromatic N) is 1. The smallest absolute Gasteiger partial charge is 0.229 e. The first-order valence-corrected chi connectivity index (χ1v) is 10.1. The normalized spacial score (nSPS) is 16.3. The first-order chi connectivity index (χ1) is 12.8. The predicted molar refractivity (Wildman–Crippen MR) is 109 cm³/mol. The van der Waals surface area contributed by atoms with E-state index in [-0.39, 0.29) is 17.7 Å². The summed E-state index contributed by atoms with van der Waals surface area (Å²) in [5.74, 6) is 1.28. The van der Waals surface area contributed by atoms with E-state index in [0.29, 0.717) is 16.5 Å². The molecular weight excluding hydrogens is 356 g/mol. The SMILES string of the molecule is COc1ccc(CC(=O)Nc2sc3c(c2C#N)CCC(C(C)(C)C)C3)cc1. The summed E-state index contributed by atoms with van der Waals surface area (Å²) in [5.41, 5.74) is 2.97. The summed E-state index contributed by atoms with van der Waals surface area (Å²) in [6.07, 6.45) is 3.29. The fourth-order valence-corrected chi connectivity index (χ4v) is 4.93. The van der Waals surface area contributed by atoms with Crippen LogP contribution in [0.5, 0.6) is 5.75 Å². The molecule has 1 unspecified atom stereocenters. The highest BCUT2D eigenvalue weighted by atomic mass is 32.1. The third-order valence-corrected chi connectivity index (χ3v) is 6.55. The van der Waals surface area contributed by atoms with Crippen molar-refractivity contribution in [3.8, 4) is 11.8 Å². The van der Waals surface area contributed by atoms with Crippen molar-refractivity contribution in [2.45, 2.75) is 46.5 Å². The molecule has 1 heterocycles. The van der Waals surface area contributed by atoms with Gasteiger partial charge in [0.15, 0.2) is 0 Å². The average molecular weight is 383 g/mol. The van der Waals surface area contributed by atoms with Crippen LogP contribution in [0.15, 0.2) is 24.3 Å². The molecule has 1 aromatic heterocycles. The van der Waals surface area contributed by atoms with Crippen molar-refractivity contribution in [3.05, 3.63) is 45.8 Å². The lowest BCUT2D eigenvalue weighted by molar-refractivity contribution is -0.115. The van der Waals surface area contributed by atoms with E-state index in [1.165, 1.54) is 4.88 Å². The molecule has 0 saturated heterocycles. The van der Waals surface area contributed by atoms with Gasteiger partial charge in [0.25, 0.3) is 0 Å². The highest BCUT2D eigenvalue weighted by Gasteiger charge is 2.32. The molecular formula is C22H26N2O2S. The number of benzene rings is 1. The zero-order valence-corrected chi connectivity index (χ0v) is 17.2. The van der Waals surface area contributed by atoms with Crippen molar-refractivity contribution >= 4 is 22.2 Å².